The fourth-order valence-corrected chi connectivity index (χ4v) is 4.65. The van der Waals surface area contributed by atoms with E-state index in [0.29, 0.717) is 18.9 Å². The quantitative estimate of drug-likeness (QED) is 0.0666. The van der Waals surface area contributed by atoms with Crippen molar-refractivity contribution in [2.75, 3.05) is 6.61 Å². The smallest absolute Gasteiger partial charge is 0.305 e. The second-order valence-corrected chi connectivity index (χ2v) is 10.6. The normalized spacial score (nSPS) is 12.4. The van der Waals surface area contributed by atoms with Crippen molar-refractivity contribution in [3.63, 3.8) is 0 Å². The van der Waals surface area contributed by atoms with Crippen LogP contribution in [0.5, 0.6) is 0 Å². The lowest BCUT2D eigenvalue weighted by Crippen LogP contribution is -2.14. The molecule has 0 aromatic heterocycles. The molecule has 0 bridgehead atoms. The van der Waals surface area contributed by atoms with E-state index in [4.69, 9.17) is 4.74 Å². The van der Waals surface area contributed by atoms with Crippen molar-refractivity contribution in [3.05, 3.63) is 12.2 Å². The summed E-state index contributed by atoms with van der Waals surface area (Å²) in [5.41, 5.74) is 0. The zero-order valence-corrected chi connectivity index (χ0v) is 23.7. The number of ether oxygens (including phenoxy) is 1. The van der Waals surface area contributed by atoms with E-state index < -0.39 is 0 Å². The summed E-state index contributed by atoms with van der Waals surface area (Å²) < 4.78 is 5.68. The third-order valence-corrected chi connectivity index (χ3v) is 7.05. The van der Waals surface area contributed by atoms with Gasteiger partial charge in [0.05, 0.1) is 6.61 Å². The molecule has 0 aromatic rings. The predicted molar refractivity (Wildman–Crippen MR) is 151 cm³/mol. The van der Waals surface area contributed by atoms with E-state index in [2.05, 4.69) is 32.9 Å². The molecule has 0 amide bonds. The summed E-state index contributed by atoms with van der Waals surface area (Å²) in [4.78, 5) is 12.2. The number of rotatable bonds is 27. The van der Waals surface area contributed by atoms with Gasteiger partial charge in [-0.15, -0.1) is 0 Å². The molecule has 0 radical (unpaired) electrons. The van der Waals surface area contributed by atoms with Crippen LogP contribution in [0, 0.1) is 5.92 Å². The number of allylic oxidation sites excluding steroid dienone is 2. The molecule has 202 valence electrons. The summed E-state index contributed by atoms with van der Waals surface area (Å²) >= 11 is 0. The first-order valence-electron chi connectivity index (χ1n) is 15.5. The third kappa shape index (κ3) is 25.8. The van der Waals surface area contributed by atoms with Gasteiger partial charge in [-0.1, -0.05) is 136 Å². The van der Waals surface area contributed by atoms with Gasteiger partial charge in [-0.05, 0) is 50.9 Å². The van der Waals surface area contributed by atoms with Crippen LogP contribution in [0.2, 0.25) is 0 Å². The van der Waals surface area contributed by atoms with Crippen LogP contribution in [0.25, 0.3) is 0 Å². The van der Waals surface area contributed by atoms with Gasteiger partial charge in [-0.25, -0.2) is 0 Å². The van der Waals surface area contributed by atoms with Gasteiger partial charge >= 0.3 is 5.97 Å². The zero-order chi connectivity index (χ0) is 25.0. The van der Waals surface area contributed by atoms with Crippen molar-refractivity contribution in [2.24, 2.45) is 5.92 Å². The number of esters is 1. The molecule has 0 aliphatic carbocycles. The standard InChI is InChI=1S/C32H62O2/c1-4-7-10-12-13-14-15-16-17-18-19-20-21-23-26-29-32(33)34-30-31(27-24-9-6-3)28-25-22-11-8-5-2/h16-17,31H,4-15,18-30H2,1-3H3. The van der Waals surface area contributed by atoms with Gasteiger partial charge in [-0.2, -0.15) is 0 Å². The average molecular weight is 479 g/mol. The van der Waals surface area contributed by atoms with E-state index in [1.54, 1.807) is 0 Å². The molecular formula is C32H62O2. The van der Waals surface area contributed by atoms with Crippen molar-refractivity contribution in [3.8, 4) is 0 Å². The van der Waals surface area contributed by atoms with Crippen LogP contribution in [0.3, 0.4) is 0 Å². The summed E-state index contributed by atoms with van der Waals surface area (Å²) in [6.45, 7) is 7.46. The number of unbranched alkanes of at least 4 members (excludes halogenated alkanes) is 17. The molecule has 1 unspecified atom stereocenters. The third-order valence-electron chi connectivity index (χ3n) is 7.05. The predicted octanol–water partition coefficient (Wildman–Crippen LogP) is 11.1. The minimum Gasteiger partial charge on any atom is -0.465 e. The molecule has 0 heterocycles. The van der Waals surface area contributed by atoms with E-state index in [-0.39, 0.29) is 5.97 Å². The minimum atomic E-state index is 0.0316. The molecule has 2 nitrogen and oxygen atoms in total. The Balaban J connectivity index is 3.64. The molecule has 0 fully saturated rings. The molecule has 2 heteroatoms. The van der Waals surface area contributed by atoms with Crippen LogP contribution in [-0.4, -0.2) is 12.6 Å². The topological polar surface area (TPSA) is 26.3 Å². The van der Waals surface area contributed by atoms with E-state index in [9.17, 15) is 4.79 Å². The van der Waals surface area contributed by atoms with Gasteiger partial charge in [0.1, 0.15) is 0 Å². The van der Waals surface area contributed by atoms with E-state index in [1.165, 1.54) is 135 Å². The van der Waals surface area contributed by atoms with Crippen molar-refractivity contribution < 1.29 is 9.53 Å². The SMILES string of the molecule is CCCCCCCCC=CCCCCCCCC(=O)OCC(CCCCC)CCCCCCC. The van der Waals surface area contributed by atoms with Gasteiger partial charge in [0.25, 0.3) is 0 Å². The molecule has 0 spiro atoms. The minimum absolute atomic E-state index is 0.0316. The van der Waals surface area contributed by atoms with Crippen molar-refractivity contribution in [1.82, 2.24) is 0 Å². The molecule has 34 heavy (non-hydrogen) atoms. The lowest BCUT2D eigenvalue weighted by molar-refractivity contribution is -0.145. The molecular weight excluding hydrogens is 416 g/mol. The monoisotopic (exact) mass is 478 g/mol. The van der Waals surface area contributed by atoms with E-state index in [1.807, 2.05) is 0 Å². The first-order valence-corrected chi connectivity index (χ1v) is 15.5. The highest BCUT2D eigenvalue weighted by molar-refractivity contribution is 5.69. The van der Waals surface area contributed by atoms with Crippen molar-refractivity contribution >= 4 is 5.97 Å². The lowest BCUT2D eigenvalue weighted by Gasteiger charge is -2.17. The van der Waals surface area contributed by atoms with Gasteiger partial charge in [0.2, 0.25) is 0 Å². The second-order valence-electron chi connectivity index (χ2n) is 10.6. The Morgan fingerprint density at radius 2 is 0.971 bits per heavy atom. The summed E-state index contributed by atoms with van der Waals surface area (Å²) in [5.74, 6) is 0.607. The van der Waals surface area contributed by atoms with Gasteiger partial charge in [0.15, 0.2) is 0 Å². The number of hydrogen-bond donors (Lipinski definition) is 0. The largest absolute Gasteiger partial charge is 0.465 e. The fraction of sp³-hybridized carbons (Fsp3) is 0.906. The summed E-state index contributed by atoms with van der Waals surface area (Å²) in [5, 5.41) is 0. The molecule has 0 aromatic carbocycles. The van der Waals surface area contributed by atoms with Crippen molar-refractivity contribution in [2.45, 2.75) is 175 Å². The molecule has 0 N–H and O–H groups in total. The average Bonchev–Trinajstić information content (AvgIpc) is 2.84. The Labute approximate surface area is 215 Å². The zero-order valence-electron chi connectivity index (χ0n) is 23.7. The summed E-state index contributed by atoms with van der Waals surface area (Å²) in [6.07, 6.45) is 35.1. The molecule has 0 aliphatic heterocycles. The highest BCUT2D eigenvalue weighted by atomic mass is 16.5. The number of carbonyl (C=O) groups is 1. The van der Waals surface area contributed by atoms with Crippen LogP contribution in [0.1, 0.15) is 175 Å². The highest BCUT2D eigenvalue weighted by Gasteiger charge is 2.12. The Morgan fingerprint density at radius 3 is 1.53 bits per heavy atom. The van der Waals surface area contributed by atoms with E-state index in [0.717, 1.165) is 12.8 Å². The van der Waals surface area contributed by atoms with Gasteiger partial charge in [0, 0.05) is 6.42 Å². The second kappa shape index (κ2) is 28.4. The maximum atomic E-state index is 12.2. The van der Waals surface area contributed by atoms with E-state index >= 15 is 0 Å². The van der Waals surface area contributed by atoms with Crippen LogP contribution in [-0.2, 0) is 9.53 Å². The maximum absolute atomic E-state index is 12.2. The van der Waals surface area contributed by atoms with Gasteiger partial charge < -0.3 is 4.74 Å². The molecule has 0 aliphatic rings. The van der Waals surface area contributed by atoms with Crippen molar-refractivity contribution in [1.29, 1.82) is 0 Å². The van der Waals surface area contributed by atoms with Crippen LogP contribution in [0.15, 0.2) is 12.2 Å². The lowest BCUT2D eigenvalue weighted by atomic mass is 9.95. The fourth-order valence-electron chi connectivity index (χ4n) is 4.65. The Bertz CT molecular complexity index is 429. The molecule has 1 atom stereocenters. The summed E-state index contributed by atoms with van der Waals surface area (Å²) in [7, 11) is 0. The Kier molecular flexibility index (Phi) is 27.8. The van der Waals surface area contributed by atoms with Gasteiger partial charge in [-0.3, -0.25) is 4.79 Å². The highest BCUT2D eigenvalue weighted by Crippen LogP contribution is 2.19. The summed E-state index contributed by atoms with van der Waals surface area (Å²) in [6, 6.07) is 0. The Hall–Kier alpha value is -0.790. The number of hydrogen-bond acceptors (Lipinski definition) is 2. The Morgan fingerprint density at radius 1 is 0.559 bits per heavy atom. The first-order chi connectivity index (χ1) is 16.7. The molecule has 0 saturated heterocycles. The first kappa shape index (κ1) is 33.2. The molecule has 0 saturated carbocycles. The maximum Gasteiger partial charge on any atom is 0.305 e. The van der Waals surface area contributed by atoms with Crippen LogP contribution in [0.4, 0.5) is 0 Å². The van der Waals surface area contributed by atoms with Crippen LogP contribution >= 0.6 is 0 Å². The molecule has 0 rings (SSSR count). The number of carbonyl (C=O) groups excluding carboxylic acids is 1. The van der Waals surface area contributed by atoms with Crippen LogP contribution < -0.4 is 0 Å².